The fourth-order valence-electron chi connectivity index (χ4n) is 3.19. The van der Waals surface area contributed by atoms with Gasteiger partial charge in [0.25, 0.3) is 0 Å². The highest BCUT2D eigenvalue weighted by Gasteiger charge is 2.30. The number of ether oxygens (including phenoxy) is 1. The van der Waals surface area contributed by atoms with Gasteiger partial charge in [-0.15, -0.1) is 0 Å². The maximum Gasteiger partial charge on any atom is 0.238 e. The second-order valence-electron chi connectivity index (χ2n) is 6.60. The number of aromatic amines is 1. The summed E-state index contributed by atoms with van der Waals surface area (Å²) in [7, 11) is 1.64. The Kier molecular flexibility index (Phi) is 5.31. The minimum Gasteiger partial charge on any atom is -0.497 e. The lowest BCUT2D eigenvalue weighted by atomic mass is 10.0. The molecule has 1 amide bonds. The summed E-state index contributed by atoms with van der Waals surface area (Å²) in [5.74, 6) is 1.94. The number of nitrogens with one attached hydrogen (secondary N) is 4. The maximum atomic E-state index is 12.5. The maximum absolute atomic E-state index is 12.5. The summed E-state index contributed by atoms with van der Waals surface area (Å²) in [4.78, 5) is 16.9. The molecule has 1 aliphatic heterocycles. The van der Waals surface area contributed by atoms with Crippen molar-refractivity contribution in [3.63, 3.8) is 0 Å². The topological polar surface area (TPSA) is 104 Å². The van der Waals surface area contributed by atoms with Crippen LogP contribution >= 0.6 is 0 Å². The molecule has 28 heavy (non-hydrogen) atoms. The molecule has 2 heterocycles. The number of aromatic nitrogens is 3. The highest BCUT2D eigenvalue weighted by molar-refractivity contribution is 5.82. The SMILES string of the molecule is COc1cccc(C2CC(C(=O)NCc3nc(-c4ccccc4)n[nH]3)NN2)c1. The zero-order chi connectivity index (χ0) is 19.3. The summed E-state index contributed by atoms with van der Waals surface area (Å²) in [5, 5.41) is 9.97. The van der Waals surface area contributed by atoms with Gasteiger partial charge in [-0.05, 0) is 24.1 Å². The normalized spacial score (nSPS) is 18.8. The van der Waals surface area contributed by atoms with E-state index in [0.717, 1.165) is 16.9 Å². The van der Waals surface area contributed by atoms with Crippen molar-refractivity contribution in [1.82, 2.24) is 31.3 Å². The van der Waals surface area contributed by atoms with E-state index in [1.54, 1.807) is 7.11 Å². The molecule has 0 radical (unpaired) electrons. The van der Waals surface area contributed by atoms with Gasteiger partial charge in [0.2, 0.25) is 5.91 Å². The summed E-state index contributed by atoms with van der Waals surface area (Å²) in [6.45, 7) is 0.292. The number of hydrogen-bond acceptors (Lipinski definition) is 6. The number of carbonyl (C=O) groups is 1. The molecule has 4 N–H and O–H groups in total. The highest BCUT2D eigenvalue weighted by Crippen LogP contribution is 2.25. The number of benzene rings is 2. The predicted molar refractivity (Wildman–Crippen MR) is 104 cm³/mol. The summed E-state index contributed by atoms with van der Waals surface area (Å²) in [6.07, 6.45) is 0.644. The molecule has 0 bridgehead atoms. The van der Waals surface area contributed by atoms with Crippen LogP contribution in [-0.4, -0.2) is 34.2 Å². The minimum absolute atomic E-state index is 0.0424. The lowest BCUT2D eigenvalue weighted by molar-refractivity contribution is -0.123. The van der Waals surface area contributed by atoms with Crippen LogP contribution in [0, 0.1) is 0 Å². The Morgan fingerprint density at radius 2 is 2.04 bits per heavy atom. The van der Waals surface area contributed by atoms with Crippen LogP contribution in [0.25, 0.3) is 11.4 Å². The van der Waals surface area contributed by atoms with Crippen molar-refractivity contribution in [3.8, 4) is 17.1 Å². The number of nitrogens with zero attached hydrogens (tertiary/aromatic N) is 2. The molecule has 2 atom stereocenters. The largest absolute Gasteiger partial charge is 0.497 e. The fraction of sp³-hybridized carbons (Fsp3) is 0.250. The molecule has 1 aliphatic rings. The van der Waals surface area contributed by atoms with E-state index >= 15 is 0 Å². The quantitative estimate of drug-likeness (QED) is 0.521. The highest BCUT2D eigenvalue weighted by atomic mass is 16.5. The van der Waals surface area contributed by atoms with Gasteiger partial charge in [0.1, 0.15) is 17.6 Å². The molecule has 8 heteroatoms. The fourth-order valence-corrected chi connectivity index (χ4v) is 3.19. The Morgan fingerprint density at radius 1 is 1.18 bits per heavy atom. The van der Waals surface area contributed by atoms with Crippen LogP contribution in [0.1, 0.15) is 23.9 Å². The van der Waals surface area contributed by atoms with E-state index in [4.69, 9.17) is 4.74 Å². The molecular weight excluding hydrogens is 356 g/mol. The molecule has 2 unspecified atom stereocenters. The number of amides is 1. The van der Waals surface area contributed by atoms with Gasteiger partial charge < -0.3 is 10.1 Å². The predicted octanol–water partition coefficient (Wildman–Crippen LogP) is 1.70. The van der Waals surface area contributed by atoms with Crippen molar-refractivity contribution in [3.05, 3.63) is 66.0 Å². The van der Waals surface area contributed by atoms with E-state index in [1.807, 2.05) is 54.6 Å². The molecule has 1 saturated heterocycles. The number of hydrazine groups is 1. The molecular formula is C20H22N6O2. The monoisotopic (exact) mass is 378 g/mol. The third-order valence-electron chi connectivity index (χ3n) is 4.71. The second kappa shape index (κ2) is 8.20. The number of H-pyrrole nitrogens is 1. The lowest BCUT2D eigenvalue weighted by Gasteiger charge is -2.11. The van der Waals surface area contributed by atoms with Gasteiger partial charge in [0.15, 0.2) is 5.82 Å². The molecule has 1 aromatic heterocycles. The summed E-state index contributed by atoms with van der Waals surface area (Å²) < 4.78 is 5.27. The van der Waals surface area contributed by atoms with Crippen molar-refractivity contribution in [2.24, 2.45) is 0 Å². The Labute approximate surface area is 162 Å². The Bertz CT molecular complexity index is 943. The Morgan fingerprint density at radius 3 is 2.86 bits per heavy atom. The van der Waals surface area contributed by atoms with Crippen LogP contribution < -0.4 is 20.9 Å². The van der Waals surface area contributed by atoms with Gasteiger partial charge in [-0.1, -0.05) is 42.5 Å². The first-order valence-corrected chi connectivity index (χ1v) is 9.12. The molecule has 1 fully saturated rings. The number of hydrogen-bond donors (Lipinski definition) is 4. The van der Waals surface area contributed by atoms with E-state index in [2.05, 4.69) is 31.3 Å². The van der Waals surface area contributed by atoms with Gasteiger partial charge in [0, 0.05) is 11.6 Å². The first-order chi connectivity index (χ1) is 13.7. The third-order valence-corrected chi connectivity index (χ3v) is 4.71. The van der Waals surface area contributed by atoms with Crippen molar-refractivity contribution in [2.45, 2.75) is 25.0 Å². The van der Waals surface area contributed by atoms with Crippen molar-refractivity contribution in [2.75, 3.05) is 7.11 Å². The van der Waals surface area contributed by atoms with Gasteiger partial charge in [-0.3, -0.25) is 9.89 Å². The smallest absolute Gasteiger partial charge is 0.238 e. The number of methoxy groups -OCH3 is 1. The van der Waals surface area contributed by atoms with Crippen LogP contribution in [-0.2, 0) is 11.3 Å². The minimum atomic E-state index is -0.326. The van der Waals surface area contributed by atoms with Crippen LogP contribution in [0.5, 0.6) is 5.75 Å². The molecule has 8 nitrogen and oxygen atoms in total. The Balaban J connectivity index is 1.32. The molecule has 3 aromatic rings. The van der Waals surface area contributed by atoms with Crippen LogP contribution in [0.3, 0.4) is 0 Å². The summed E-state index contributed by atoms with van der Waals surface area (Å²) in [6, 6.07) is 17.2. The van der Waals surface area contributed by atoms with Gasteiger partial charge >= 0.3 is 0 Å². The zero-order valence-electron chi connectivity index (χ0n) is 15.5. The standard InChI is InChI=1S/C20H22N6O2/c1-28-15-9-5-8-14(10-15)16-11-17(24-23-16)20(27)21-12-18-22-19(26-25-18)13-6-3-2-4-7-13/h2-10,16-17,23-24H,11-12H2,1H3,(H,21,27)(H,22,25,26). The zero-order valence-corrected chi connectivity index (χ0v) is 15.5. The average molecular weight is 378 g/mol. The lowest BCUT2D eigenvalue weighted by Crippen LogP contribution is -2.43. The third kappa shape index (κ3) is 4.03. The first-order valence-electron chi connectivity index (χ1n) is 9.12. The summed E-state index contributed by atoms with van der Waals surface area (Å²) in [5.41, 5.74) is 8.24. The van der Waals surface area contributed by atoms with Gasteiger partial charge in [-0.25, -0.2) is 15.8 Å². The van der Waals surface area contributed by atoms with E-state index < -0.39 is 0 Å². The molecule has 144 valence electrons. The molecule has 2 aromatic carbocycles. The number of rotatable bonds is 6. The molecule has 4 rings (SSSR count). The van der Waals surface area contributed by atoms with Gasteiger partial charge in [-0.2, -0.15) is 5.10 Å². The first kappa shape index (κ1) is 18.1. The average Bonchev–Trinajstić information content (AvgIpc) is 3.43. The van der Waals surface area contributed by atoms with Crippen LogP contribution in [0.4, 0.5) is 0 Å². The molecule has 0 saturated carbocycles. The van der Waals surface area contributed by atoms with E-state index in [9.17, 15) is 4.79 Å². The van der Waals surface area contributed by atoms with E-state index in [-0.39, 0.29) is 18.0 Å². The van der Waals surface area contributed by atoms with Gasteiger partial charge in [0.05, 0.1) is 13.7 Å². The number of carbonyl (C=O) groups excluding carboxylic acids is 1. The van der Waals surface area contributed by atoms with Crippen molar-refractivity contribution < 1.29 is 9.53 Å². The molecule has 0 aliphatic carbocycles. The summed E-state index contributed by atoms with van der Waals surface area (Å²) >= 11 is 0. The van der Waals surface area contributed by atoms with E-state index in [1.165, 1.54) is 0 Å². The van der Waals surface area contributed by atoms with Crippen LogP contribution in [0.2, 0.25) is 0 Å². The van der Waals surface area contributed by atoms with Crippen molar-refractivity contribution >= 4 is 5.91 Å². The van der Waals surface area contributed by atoms with Crippen LogP contribution in [0.15, 0.2) is 54.6 Å². The van der Waals surface area contributed by atoms with Crippen molar-refractivity contribution in [1.29, 1.82) is 0 Å². The molecule has 0 spiro atoms. The van der Waals surface area contributed by atoms with E-state index in [0.29, 0.717) is 24.6 Å². The Hall–Kier alpha value is -3.23. The second-order valence-corrected chi connectivity index (χ2v) is 6.60.